The van der Waals surface area contributed by atoms with Crippen molar-refractivity contribution < 1.29 is 28.3 Å². The van der Waals surface area contributed by atoms with Crippen LogP contribution in [0.1, 0.15) is 0 Å². The Balaban J connectivity index is 0.00000144. The monoisotopic (exact) mass is 220 g/mol. The minimum atomic E-state index is 0. The molecule has 2 aromatic carbocycles. The van der Waals surface area contributed by atoms with Gasteiger partial charge in [-0.1, -0.05) is 35.9 Å². The van der Waals surface area contributed by atoms with E-state index in [0.717, 1.165) is 16.9 Å². The van der Waals surface area contributed by atoms with Crippen molar-refractivity contribution in [2.75, 3.05) is 13.9 Å². The summed E-state index contributed by atoms with van der Waals surface area (Å²) < 4.78 is 10.2. The molecule has 0 N–H and O–H groups in total. The zero-order valence-electron chi connectivity index (χ0n) is 10.1. The van der Waals surface area contributed by atoms with E-state index in [4.69, 9.17) is 9.47 Å². The Hall–Kier alpha value is -1.20. The van der Waals surface area contributed by atoms with E-state index in [2.05, 4.69) is 18.2 Å². The van der Waals surface area contributed by atoms with Crippen molar-refractivity contribution in [3.63, 3.8) is 0 Å². The molecular weight excluding hydrogens is 207 g/mol. The van der Waals surface area contributed by atoms with Crippen molar-refractivity contribution in [3.8, 4) is 16.9 Å². The van der Waals surface area contributed by atoms with E-state index >= 15 is 0 Å². The minimum Gasteiger partial charge on any atom is -0.528 e. The van der Waals surface area contributed by atoms with Crippen LogP contribution in [0.5, 0.6) is 5.75 Å². The summed E-state index contributed by atoms with van der Waals surface area (Å²) in [7, 11) is 1.60. The number of hydrogen-bond acceptors (Lipinski definition) is 2. The smallest absolute Gasteiger partial charge is 0.528 e. The topological polar surface area (TPSA) is 18.5 Å². The first-order valence-electron chi connectivity index (χ1n) is 5.08. The van der Waals surface area contributed by atoms with Gasteiger partial charge in [0.15, 0.2) is 6.79 Å². The Morgan fingerprint density at radius 1 is 1.06 bits per heavy atom. The van der Waals surface area contributed by atoms with Crippen LogP contribution in [0, 0.1) is 6.07 Å². The van der Waals surface area contributed by atoms with E-state index in [9.17, 15) is 0 Å². The van der Waals surface area contributed by atoms with Crippen molar-refractivity contribution in [1.29, 1.82) is 0 Å². The maximum absolute atomic E-state index is 5.36. The van der Waals surface area contributed by atoms with Crippen LogP contribution in [0.3, 0.4) is 0 Å². The summed E-state index contributed by atoms with van der Waals surface area (Å²) >= 11 is 0. The van der Waals surface area contributed by atoms with Crippen molar-refractivity contribution in [1.82, 2.24) is 0 Å². The Kier molecular flexibility index (Phi) is 5.86. The van der Waals surface area contributed by atoms with Crippen molar-refractivity contribution in [2.24, 2.45) is 0 Å². The fourth-order valence-electron chi connectivity index (χ4n) is 1.46. The molecule has 0 heterocycles. The molecule has 0 fully saturated rings. The van der Waals surface area contributed by atoms with Crippen LogP contribution >= 0.6 is 0 Å². The molecule has 0 aliphatic heterocycles. The molecule has 0 spiro atoms. The first-order valence-corrected chi connectivity index (χ1v) is 5.08. The van der Waals surface area contributed by atoms with Gasteiger partial charge in [-0.25, -0.2) is 0 Å². The normalized spacial score (nSPS) is 9.47. The van der Waals surface area contributed by atoms with Gasteiger partial charge in [-0.15, -0.1) is 17.7 Å². The molecule has 0 unspecified atom stereocenters. The SMILES string of the molecule is COCOc1c[c-]cc(-c2ccccc2)c1.[Li+]. The maximum atomic E-state index is 5.36. The summed E-state index contributed by atoms with van der Waals surface area (Å²) in [5.74, 6) is 0.767. The van der Waals surface area contributed by atoms with E-state index in [1.807, 2.05) is 30.3 Å². The first-order chi connectivity index (χ1) is 7.90. The molecule has 17 heavy (non-hydrogen) atoms. The molecule has 2 aromatic rings. The van der Waals surface area contributed by atoms with Gasteiger partial charge in [0.2, 0.25) is 0 Å². The summed E-state index contributed by atoms with van der Waals surface area (Å²) in [5, 5.41) is 0. The quantitative estimate of drug-likeness (QED) is 0.414. The average molecular weight is 220 g/mol. The molecule has 82 valence electrons. The van der Waals surface area contributed by atoms with Crippen LogP contribution in [0.2, 0.25) is 0 Å². The number of methoxy groups -OCH3 is 1. The van der Waals surface area contributed by atoms with Gasteiger partial charge in [0.05, 0.1) is 0 Å². The molecular formula is C14H13LiO2. The zero-order chi connectivity index (χ0) is 11.2. The fourth-order valence-corrected chi connectivity index (χ4v) is 1.46. The molecule has 0 saturated heterocycles. The molecule has 0 aromatic heterocycles. The van der Waals surface area contributed by atoms with Gasteiger partial charge in [0.25, 0.3) is 0 Å². The van der Waals surface area contributed by atoms with E-state index in [1.54, 1.807) is 13.2 Å². The summed E-state index contributed by atoms with van der Waals surface area (Å²) in [5.41, 5.74) is 2.25. The summed E-state index contributed by atoms with van der Waals surface area (Å²) in [4.78, 5) is 0. The molecule has 2 nitrogen and oxygen atoms in total. The van der Waals surface area contributed by atoms with Gasteiger partial charge >= 0.3 is 18.9 Å². The van der Waals surface area contributed by atoms with Gasteiger partial charge in [-0.3, -0.25) is 0 Å². The molecule has 0 radical (unpaired) electrons. The van der Waals surface area contributed by atoms with Crippen LogP contribution in [-0.4, -0.2) is 13.9 Å². The molecule has 0 saturated carbocycles. The number of rotatable bonds is 4. The van der Waals surface area contributed by atoms with Gasteiger partial charge in [0.1, 0.15) is 0 Å². The molecule has 2 rings (SSSR count). The van der Waals surface area contributed by atoms with Crippen LogP contribution < -0.4 is 23.6 Å². The van der Waals surface area contributed by atoms with Crippen LogP contribution in [0.4, 0.5) is 0 Å². The third kappa shape index (κ3) is 3.94. The zero-order valence-corrected chi connectivity index (χ0v) is 10.1. The molecule has 0 bridgehead atoms. The summed E-state index contributed by atoms with van der Waals surface area (Å²) in [6, 6.07) is 18.9. The number of benzene rings is 2. The molecule has 0 aliphatic rings. The van der Waals surface area contributed by atoms with Gasteiger partial charge in [-0.2, -0.15) is 12.1 Å². The van der Waals surface area contributed by atoms with E-state index in [-0.39, 0.29) is 25.7 Å². The van der Waals surface area contributed by atoms with E-state index < -0.39 is 0 Å². The summed E-state index contributed by atoms with van der Waals surface area (Å²) in [6.07, 6.45) is 0. The second kappa shape index (κ2) is 7.19. The first kappa shape index (κ1) is 13.9. The third-order valence-electron chi connectivity index (χ3n) is 2.21. The van der Waals surface area contributed by atoms with Crippen molar-refractivity contribution in [3.05, 3.63) is 54.6 Å². The Labute approximate surface area is 114 Å². The predicted molar refractivity (Wildman–Crippen MR) is 63.2 cm³/mol. The fraction of sp³-hybridized carbons (Fsp3) is 0.143. The van der Waals surface area contributed by atoms with Gasteiger partial charge in [-0.05, 0) is 0 Å². The third-order valence-corrected chi connectivity index (χ3v) is 2.21. The Bertz CT molecular complexity index is 443. The summed E-state index contributed by atoms with van der Waals surface area (Å²) in [6.45, 7) is 0.256. The average Bonchev–Trinajstić information content (AvgIpc) is 2.38. The molecule has 3 heteroatoms. The minimum absolute atomic E-state index is 0. The second-order valence-electron chi connectivity index (χ2n) is 3.37. The van der Waals surface area contributed by atoms with Crippen molar-refractivity contribution >= 4 is 0 Å². The van der Waals surface area contributed by atoms with Gasteiger partial charge < -0.3 is 9.47 Å². The maximum Gasteiger partial charge on any atom is 1.00 e. The molecule has 0 amide bonds. The second-order valence-corrected chi connectivity index (χ2v) is 3.37. The predicted octanol–water partition coefficient (Wildman–Crippen LogP) is 0.140. The molecule has 0 atom stereocenters. The number of hydrogen-bond donors (Lipinski definition) is 0. The van der Waals surface area contributed by atoms with E-state index in [0.29, 0.717) is 0 Å². The van der Waals surface area contributed by atoms with Crippen LogP contribution in [0.15, 0.2) is 48.5 Å². The Morgan fingerprint density at radius 3 is 2.53 bits per heavy atom. The van der Waals surface area contributed by atoms with E-state index in [1.165, 1.54) is 0 Å². The van der Waals surface area contributed by atoms with Gasteiger partial charge in [0, 0.05) is 12.9 Å². The van der Waals surface area contributed by atoms with Crippen LogP contribution in [-0.2, 0) is 4.74 Å². The number of ether oxygens (including phenoxy) is 2. The van der Waals surface area contributed by atoms with Crippen molar-refractivity contribution in [2.45, 2.75) is 0 Å². The largest absolute Gasteiger partial charge is 1.00 e. The molecule has 0 aliphatic carbocycles. The standard InChI is InChI=1S/C14H13O2.Li/c1-15-11-16-14-9-5-8-13(10-14)12-6-3-2-4-7-12;/h2-4,6-10H,11H2,1H3;/q-1;+1. The Morgan fingerprint density at radius 2 is 1.82 bits per heavy atom. The van der Waals surface area contributed by atoms with Crippen LogP contribution in [0.25, 0.3) is 11.1 Å².